The predicted molar refractivity (Wildman–Crippen MR) is 73.1 cm³/mol. The summed E-state index contributed by atoms with van der Waals surface area (Å²) in [5.74, 6) is -0.789. The van der Waals surface area contributed by atoms with Gasteiger partial charge in [-0.25, -0.2) is 0 Å². The topological polar surface area (TPSA) is 58.6 Å². The maximum Gasteiger partial charge on any atom is 0.307 e. The van der Waals surface area contributed by atoms with Crippen LogP contribution in [0.4, 0.5) is 0 Å². The smallest absolute Gasteiger partial charge is 0.307 e. The van der Waals surface area contributed by atoms with Crippen LogP contribution in [0.15, 0.2) is 24.3 Å². The molecule has 0 saturated heterocycles. The van der Waals surface area contributed by atoms with Gasteiger partial charge in [0.15, 0.2) is 0 Å². The van der Waals surface area contributed by atoms with Crippen molar-refractivity contribution in [3.63, 3.8) is 0 Å². The zero-order valence-corrected chi connectivity index (χ0v) is 11.3. The van der Waals surface area contributed by atoms with Gasteiger partial charge in [-0.2, -0.15) is 0 Å². The standard InChI is InChI=1S/C15H21NO3/c1-19-14-8-4-7-13(14)16-10-12-6-3-2-5-11(12)9-15(17)18/h2-3,5-6,13-14,16H,4,7-10H2,1H3,(H,17,18). The molecule has 1 aliphatic rings. The van der Waals surface area contributed by atoms with Gasteiger partial charge >= 0.3 is 5.97 Å². The highest BCUT2D eigenvalue weighted by molar-refractivity contribution is 5.70. The molecule has 0 bridgehead atoms. The number of carboxylic acid groups (broad SMARTS) is 1. The lowest BCUT2D eigenvalue weighted by Gasteiger charge is -2.20. The number of nitrogens with one attached hydrogen (secondary N) is 1. The molecule has 2 unspecified atom stereocenters. The molecule has 1 aromatic carbocycles. The fraction of sp³-hybridized carbons (Fsp3) is 0.533. The Morgan fingerprint density at radius 3 is 2.79 bits per heavy atom. The van der Waals surface area contributed by atoms with Crippen molar-refractivity contribution in [2.24, 2.45) is 0 Å². The van der Waals surface area contributed by atoms with Crippen LogP contribution in [0.5, 0.6) is 0 Å². The Labute approximate surface area is 113 Å². The maximum absolute atomic E-state index is 10.8. The minimum absolute atomic E-state index is 0.0796. The molecule has 19 heavy (non-hydrogen) atoms. The summed E-state index contributed by atoms with van der Waals surface area (Å²) in [4.78, 5) is 10.8. The van der Waals surface area contributed by atoms with E-state index in [0.29, 0.717) is 12.6 Å². The fourth-order valence-corrected chi connectivity index (χ4v) is 2.75. The second kappa shape index (κ2) is 6.68. The van der Waals surface area contributed by atoms with Crippen LogP contribution in [-0.2, 0) is 22.5 Å². The van der Waals surface area contributed by atoms with E-state index in [1.54, 1.807) is 7.11 Å². The van der Waals surface area contributed by atoms with Gasteiger partial charge in [0.2, 0.25) is 0 Å². The van der Waals surface area contributed by atoms with E-state index in [1.807, 2.05) is 24.3 Å². The highest BCUT2D eigenvalue weighted by atomic mass is 16.5. The Kier molecular flexibility index (Phi) is 4.93. The van der Waals surface area contributed by atoms with Gasteiger partial charge < -0.3 is 15.2 Å². The first-order chi connectivity index (χ1) is 9.20. The van der Waals surface area contributed by atoms with E-state index in [2.05, 4.69) is 5.32 Å². The van der Waals surface area contributed by atoms with Gasteiger partial charge in [0, 0.05) is 19.7 Å². The van der Waals surface area contributed by atoms with Gasteiger partial charge in [-0.1, -0.05) is 24.3 Å². The molecule has 0 amide bonds. The number of carboxylic acids is 1. The Bertz CT molecular complexity index is 433. The maximum atomic E-state index is 10.8. The van der Waals surface area contributed by atoms with E-state index < -0.39 is 5.97 Å². The van der Waals surface area contributed by atoms with E-state index in [4.69, 9.17) is 9.84 Å². The average molecular weight is 263 g/mol. The summed E-state index contributed by atoms with van der Waals surface area (Å²) in [5, 5.41) is 12.4. The molecule has 0 aliphatic heterocycles. The van der Waals surface area contributed by atoms with Crippen LogP contribution in [0, 0.1) is 0 Å². The Hall–Kier alpha value is -1.39. The SMILES string of the molecule is COC1CCCC1NCc1ccccc1CC(=O)O. The molecule has 4 heteroatoms. The molecule has 1 aliphatic carbocycles. The zero-order valence-electron chi connectivity index (χ0n) is 11.3. The quantitative estimate of drug-likeness (QED) is 0.824. The largest absolute Gasteiger partial charge is 0.481 e. The highest BCUT2D eigenvalue weighted by Crippen LogP contribution is 2.22. The number of benzene rings is 1. The second-order valence-corrected chi connectivity index (χ2v) is 5.03. The number of hydrogen-bond donors (Lipinski definition) is 2. The molecule has 0 spiro atoms. The van der Waals surface area contributed by atoms with Crippen LogP contribution in [0.3, 0.4) is 0 Å². The van der Waals surface area contributed by atoms with Gasteiger partial charge in [0.25, 0.3) is 0 Å². The summed E-state index contributed by atoms with van der Waals surface area (Å²) >= 11 is 0. The lowest BCUT2D eigenvalue weighted by molar-refractivity contribution is -0.136. The number of aliphatic carboxylic acids is 1. The van der Waals surface area contributed by atoms with Crippen molar-refractivity contribution in [2.45, 2.75) is 44.4 Å². The van der Waals surface area contributed by atoms with Crippen molar-refractivity contribution >= 4 is 5.97 Å². The highest BCUT2D eigenvalue weighted by Gasteiger charge is 2.26. The predicted octanol–water partition coefficient (Wildman–Crippen LogP) is 1.97. The van der Waals surface area contributed by atoms with E-state index in [0.717, 1.165) is 24.0 Å². The summed E-state index contributed by atoms with van der Waals surface area (Å²) in [7, 11) is 1.75. The molecule has 2 atom stereocenters. The molecule has 0 aromatic heterocycles. The van der Waals surface area contributed by atoms with Crippen molar-refractivity contribution in [1.29, 1.82) is 0 Å². The molecule has 0 heterocycles. The first kappa shape index (κ1) is 14.0. The van der Waals surface area contributed by atoms with Gasteiger partial charge in [-0.05, 0) is 30.4 Å². The summed E-state index contributed by atoms with van der Waals surface area (Å²) < 4.78 is 5.45. The van der Waals surface area contributed by atoms with Crippen molar-refractivity contribution in [2.75, 3.05) is 7.11 Å². The van der Waals surface area contributed by atoms with Crippen LogP contribution in [-0.4, -0.2) is 30.3 Å². The monoisotopic (exact) mass is 263 g/mol. The van der Waals surface area contributed by atoms with Crippen LogP contribution in [0.25, 0.3) is 0 Å². The molecule has 4 nitrogen and oxygen atoms in total. The molecule has 1 fully saturated rings. The van der Waals surface area contributed by atoms with E-state index >= 15 is 0 Å². The molecule has 104 valence electrons. The summed E-state index contributed by atoms with van der Waals surface area (Å²) in [5.41, 5.74) is 1.95. The van der Waals surface area contributed by atoms with Crippen LogP contribution >= 0.6 is 0 Å². The van der Waals surface area contributed by atoms with E-state index in [-0.39, 0.29) is 12.5 Å². The number of ether oxygens (including phenoxy) is 1. The van der Waals surface area contributed by atoms with Crippen molar-refractivity contribution in [3.8, 4) is 0 Å². The molecule has 0 radical (unpaired) electrons. The summed E-state index contributed by atoms with van der Waals surface area (Å²) in [6, 6.07) is 8.08. The van der Waals surface area contributed by atoms with Crippen molar-refractivity contribution < 1.29 is 14.6 Å². The van der Waals surface area contributed by atoms with E-state index in [1.165, 1.54) is 6.42 Å². The fourth-order valence-electron chi connectivity index (χ4n) is 2.75. The molecule has 1 saturated carbocycles. The normalized spacial score (nSPS) is 22.6. The van der Waals surface area contributed by atoms with Gasteiger partial charge in [-0.15, -0.1) is 0 Å². The first-order valence-corrected chi connectivity index (χ1v) is 6.75. The minimum Gasteiger partial charge on any atom is -0.481 e. The van der Waals surface area contributed by atoms with Crippen molar-refractivity contribution in [3.05, 3.63) is 35.4 Å². The molecule has 2 N–H and O–H groups in total. The summed E-state index contributed by atoms with van der Waals surface area (Å²) in [6.45, 7) is 0.702. The number of methoxy groups -OCH3 is 1. The Balaban J connectivity index is 1.97. The van der Waals surface area contributed by atoms with Gasteiger partial charge in [0.1, 0.15) is 0 Å². The van der Waals surface area contributed by atoms with Gasteiger partial charge in [-0.3, -0.25) is 4.79 Å². The third kappa shape index (κ3) is 3.78. The lowest BCUT2D eigenvalue weighted by Crippen LogP contribution is -2.36. The Morgan fingerprint density at radius 1 is 1.37 bits per heavy atom. The molecule has 2 rings (SSSR count). The zero-order chi connectivity index (χ0) is 13.7. The third-order valence-electron chi connectivity index (χ3n) is 3.77. The summed E-state index contributed by atoms with van der Waals surface area (Å²) in [6.07, 6.45) is 3.78. The van der Waals surface area contributed by atoms with Crippen molar-refractivity contribution in [1.82, 2.24) is 5.32 Å². The average Bonchev–Trinajstić information content (AvgIpc) is 2.84. The molecule has 1 aromatic rings. The molecular formula is C15H21NO3. The number of rotatable bonds is 6. The first-order valence-electron chi connectivity index (χ1n) is 6.75. The third-order valence-corrected chi connectivity index (χ3v) is 3.77. The Morgan fingerprint density at radius 2 is 2.11 bits per heavy atom. The lowest BCUT2D eigenvalue weighted by atomic mass is 10.0. The van der Waals surface area contributed by atoms with Crippen LogP contribution < -0.4 is 5.32 Å². The second-order valence-electron chi connectivity index (χ2n) is 5.03. The minimum atomic E-state index is -0.789. The van der Waals surface area contributed by atoms with E-state index in [9.17, 15) is 4.79 Å². The van der Waals surface area contributed by atoms with Gasteiger partial charge in [0.05, 0.1) is 12.5 Å². The molecular weight excluding hydrogens is 242 g/mol. The number of carbonyl (C=O) groups is 1. The van der Waals surface area contributed by atoms with Crippen LogP contribution in [0.2, 0.25) is 0 Å². The number of hydrogen-bond acceptors (Lipinski definition) is 3. The van der Waals surface area contributed by atoms with Crippen LogP contribution in [0.1, 0.15) is 30.4 Å².